The molecule has 0 radical (unpaired) electrons. The third kappa shape index (κ3) is 4.00. The van der Waals surface area contributed by atoms with E-state index in [1.54, 1.807) is 11.3 Å². The number of nitrogens with one attached hydrogen (secondary N) is 2. The van der Waals surface area contributed by atoms with E-state index in [2.05, 4.69) is 44.6 Å². The molecule has 5 nitrogen and oxygen atoms in total. The number of rotatable bonds is 6. The number of carbonyl (C=O) groups is 1. The predicted molar refractivity (Wildman–Crippen MR) is 111 cm³/mol. The van der Waals surface area contributed by atoms with Gasteiger partial charge in [0, 0.05) is 23.9 Å². The number of amides is 1. The number of aromatic amines is 1. The molecule has 1 aromatic carbocycles. The first-order valence-corrected chi connectivity index (χ1v) is 10.7. The Morgan fingerprint density at radius 2 is 2.11 bits per heavy atom. The van der Waals surface area contributed by atoms with Gasteiger partial charge in [0.1, 0.15) is 0 Å². The van der Waals surface area contributed by atoms with Crippen molar-refractivity contribution in [1.29, 1.82) is 0 Å². The number of aromatic nitrogens is 2. The van der Waals surface area contributed by atoms with Crippen molar-refractivity contribution in [2.45, 2.75) is 38.6 Å². The Morgan fingerprint density at radius 1 is 1.30 bits per heavy atom. The number of hydrogen-bond acceptors (Lipinski definition) is 4. The van der Waals surface area contributed by atoms with Crippen LogP contribution in [0.1, 0.15) is 43.5 Å². The fourth-order valence-corrected chi connectivity index (χ4v) is 4.61. The molecule has 142 valence electrons. The first-order valence-electron chi connectivity index (χ1n) is 9.78. The summed E-state index contributed by atoms with van der Waals surface area (Å²) in [6, 6.07) is 12.4. The van der Waals surface area contributed by atoms with E-state index in [0.717, 1.165) is 55.8 Å². The quantitative estimate of drug-likeness (QED) is 0.660. The molecule has 1 fully saturated rings. The molecule has 1 amide bonds. The normalized spacial score (nSPS) is 16.6. The van der Waals surface area contributed by atoms with Crippen LogP contribution in [0.5, 0.6) is 0 Å². The molecule has 0 bridgehead atoms. The number of H-pyrrole nitrogens is 1. The van der Waals surface area contributed by atoms with Gasteiger partial charge in [-0.1, -0.05) is 31.5 Å². The van der Waals surface area contributed by atoms with E-state index in [4.69, 9.17) is 0 Å². The molecular formula is C21H26N4OS. The minimum absolute atomic E-state index is 0.0879. The van der Waals surface area contributed by atoms with Crippen LogP contribution in [0.25, 0.3) is 11.0 Å². The van der Waals surface area contributed by atoms with Gasteiger partial charge in [-0.15, -0.1) is 11.3 Å². The highest BCUT2D eigenvalue weighted by molar-refractivity contribution is 7.10. The number of nitrogens with zero attached hydrogens (tertiary/aromatic N) is 2. The first-order chi connectivity index (χ1) is 13.2. The lowest BCUT2D eigenvalue weighted by molar-refractivity contribution is -0.126. The van der Waals surface area contributed by atoms with Crippen LogP contribution in [0.3, 0.4) is 0 Å². The zero-order valence-electron chi connectivity index (χ0n) is 15.6. The van der Waals surface area contributed by atoms with Crippen LogP contribution >= 0.6 is 11.3 Å². The molecule has 1 unspecified atom stereocenters. The smallest absolute Gasteiger partial charge is 0.223 e. The van der Waals surface area contributed by atoms with Gasteiger partial charge in [0.05, 0.1) is 17.1 Å². The average molecular weight is 383 g/mol. The van der Waals surface area contributed by atoms with Crippen molar-refractivity contribution in [3.63, 3.8) is 0 Å². The van der Waals surface area contributed by atoms with Gasteiger partial charge in [-0.05, 0) is 42.8 Å². The van der Waals surface area contributed by atoms with Crippen LogP contribution < -0.4 is 10.2 Å². The second kappa shape index (κ2) is 8.13. The summed E-state index contributed by atoms with van der Waals surface area (Å²) in [6.45, 7) is 3.88. The molecule has 1 aliphatic heterocycles. The van der Waals surface area contributed by atoms with Crippen molar-refractivity contribution in [3.05, 3.63) is 46.7 Å². The Kier molecular flexibility index (Phi) is 5.43. The summed E-state index contributed by atoms with van der Waals surface area (Å²) in [5.74, 6) is 1.20. The zero-order valence-corrected chi connectivity index (χ0v) is 16.5. The standard InChI is InChI=1S/C21H26N4OS/c1-2-6-18(19-9-5-14-27-19)22-20(26)15-10-12-25(13-11-15)21-23-16-7-3-4-8-17(16)24-21/h3-5,7-9,14-15,18H,2,6,10-13H2,1H3,(H,22,26)(H,23,24). The van der Waals surface area contributed by atoms with E-state index in [1.807, 2.05) is 24.3 Å². The van der Waals surface area contributed by atoms with Crippen molar-refractivity contribution < 1.29 is 4.79 Å². The summed E-state index contributed by atoms with van der Waals surface area (Å²) in [4.78, 5) is 24.4. The Hall–Kier alpha value is -2.34. The minimum atomic E-state index is 0.0879. The molecular weight excluding hydrogens is 356 g/mol. The fraction of sp³-hybridized carbons (Fsp3) is 0.429. The number of benzene rings is 1. The van der Waals surface area contributed by atoms with Gasteiger partial charge in [-0.25, -0.2) is 4.98 Å². The lowest BCUT2D eigenvalue weighted by atomic mass is 9.95. The van der Waals surface area contributed by atoms with Crippen molar-refractivity contribution in [2.24, 2.45) is 5.92 Å². The molecule has 27 heavy (non-hydrogen) atoms. The first kappa shape index (κ1) is 18.0. The third-order valence-electron chi connectivity index (χ3n) is 5.32. The molecule has 2 aromatic heterocycles. The van der Waals surface area contributed by atoms with Gasteiger partial charge in [0.2, 0.25) is 11.9 Å². The largest absolute Gasteiger partial charge is 0.348 e. The van der Waals surface area contributed by atoms with E-state index < -0.39 is 0 Å². The van der Waals surface area contributed by atoms with Crippen molar-refractivity contribution in [3.8, 4) is 0 Å². The van der Waals surface area contributed by atoms with E-state index in [-0.39, 0.29) is 17.9 Å². The number of hydrogen-bond donors (Lipinski definition) is 2. The highest BCUT2D eigenvalue weighted by Crippen LogP contribution is 2.27. The summed E-state index contributed by atoms with van der Waals surface area (Å²) in [7, 11) is 0. The molecule has 1 saturated heterocycles. The highest BCUT2D eigenvalue weighted by atomic mass is 32.1. The monoisotopic (exact) mass is 382 g/mol. The van der Waals surface area contributed by atoms with Crippen LogP contribution in [0.4, 0.5) is 5.95 Å². The van der Waals surface area contributed by atoms with Gasteiger partial charge < -0.3 is 15.2 Å². The van der Waals surface area contributed by atoms with Gasteiger partial charge >= 0.3 is 0 Å². The molecule has 1 aliphatic rings. The van der Waals surface area contributed by atoms with Crippen LogP contribution in [0.15, 0.2) is 41.8 Å². The third-order valence-corrected chi connectivity index (χ3v) is 6.31. The molecule has 2 N–H and O–H groups in total. The van der Waals surface area contributed by atoms with Gasteiger partial charge in [-0.2, -0.15) is 0 Å². The maximum atomic E-state index is 12.8. The number of anilines is 1. The molecule has 0 aliphatic carbocycles. The number of para-hydroxylation sites is 2. The molecule has 6 heteroatoms. The van der Waals surface area contributed by atoms with Gasteiger partial charge in [-0.3, -0.25) is 4.79 Å². The molecule has 0 saturated carbocycles. The summed E-state index contributed by atoms with van der Waals surface area (Å²) in [5, 5.41) is 5.38. The van der Waals surface area contributed by atoms with E-state index >= 15 is 0 Å². The second-order valence-corrected chi connectivity index (χ2v) is 8.18. The molecule has 1 atom stereocenters. The van der Waals surface area contributed by atoms with Crippen molar-refractivity contribution in [2.75, 3.05) is 18.0 Å². The van der Waals surface area contributed by atoms with Gasteiger partial charge in [0.15, 0.2) is 0 Å². The number of imidazole rings is 1. The minimum Gasteiger partial charge on any atom is -0.348 e. The lowest BCUT2D eigenvalue weighted by Gasteiger charge is -2.32. The SMILES string of the molecule is CCCC(NC(=O)C1CCN(c2nc3ccccc3[nH]2)CC1)c1cccs1. The van der Waals surface area contributed by atoms with Crippen LogP contribution in [-0.2, 0) is 4.79 Å². The van der Waals surface area contributed by atoms with Crippen LogP contribution in [-0.4, -0.2) is 29.0 Å². The van der Waals surface area contributed by atoms with Crippen molar-refractivity contribution in [1.82, 2.24) is 15.3 Å². The Bertz CT molecular complexity index is 848. The van der Waals surface area contributed by atoms with Crippen LogP contribution in [0, 0.1) is 5.92 Å². The fourth-order valence-electron chi connectivity index (χ4n) is 3.80. The Morgan fingerprint density at radius 3 is 2.81 bits per heavy atom. The Balaban J connectivity index is 1.36. The predicted octanol–water partition coefficient (Wildman–Crippen LogP) is 4.50. The molecule has 3 heterocycles. The molecule has 4 rings (SSSR count). The second-order valence-electron chi connectivity index (χ2n) is 7.20. The topological polar surface area (TPSA) is 61.0 Å². The van der Waals surface area contributed by atoms with E-state index in [1.165, 1.54) is 4.88 Å². The summed E-state index contributed by atoms with van der Waals surface area (Å²) in [5.41, 5.74) is 2.05. The summed E-state index contributed by atoms with van der Waals surface area (Å²) < 4.78 is 0. The summed E-state index contributed by atoms with van der Waals surface area (Å²) in [6.07, 6.45) is 3.79. The van der Waals surface area contributed by atoms with Crippen molar-refractivity contribution >= 4 is 34.2 Å². The molecule has 0 spiro atoms. The van der Waals surface area contributed by atoms with Gasteiger partial charge in [0.25, 0.3) is 0 Å². The van der Waals surface area contributed by atoms with E-state index in [0.29, 0.717) is 0 Å². The number of thiophene rings is 1. The van der Waals surface area contributed by atoms with E-state index in [9.17, 15) is 4.79 Å². The number of carbonyl (C=O) groups excluding carboxylic acids is 1. The number of piperidine rings is 1. The summed E-state index contributed by atoms with van der Waals surface area (Å²) >= 11 is 1.72. The lowest BCUT2D eigenvalue weighted by Crippen LogP contribution is -2.41. The Labute approximate surface area is 163 Å². The average Bonchev–Trinajstić information content (AvgIpc) is 3.37. The number of fused-ring (bicyclic) bond motifs is 1. The maximum absolute atomic E-state index is 12.8. The maximum Gasteiger partial charge on any atom is 0.223 e. The molecule has 3 aromatic rings. The van der Waals surface area contributed by atoms with Crippen LogP contribution in [0.2, 0.25) is 0 Å². The zero-order chi connectivity index (χ0) is 18.6. The highest BCUT2D eigenvalue weighted by Gasteiger charge is 2.28.